The van der Waals surface area contributed by atoms with Crippen LogP contribution in [0.15, 0.2) is 48.7 Å². The van der Waals surface area contributed by atoms with Crippen molar-refractivity contribution in [1.82, 2.24) is 15.5 Å². The summed E-state index contributed by atoms with van der Waals surface area (Å²) in [5.41, 5.74) is 2.36. The molecule has 0 unspecified atom stereocenters. The fourth-order valence-electron chi connectivity index (χ4n) is 3.14. The molecule has 4 nitrogen and oxygen atoms in total. The van der Waals surface area contributed by atoms with Crippen molar-refractivity contribution in [3.8, 4) is 5.75 Å². The Kier molecular flexibility index (Phi) is 3.52. The van der Waals surface area contributed by atoms with Gasteiger partial charge in [-0.15, -0.1) is 0 Å². The standard InChI is InChI=1S/C18H19N3O/c1-2-5-15-13(4-1)7-8-16-17(6-3-11-22-18(15)16)19-12-14-9-10-20-21-14/h1-2,4-5,7-10,17,19H,3,6,11-12H2,(H,20,21)/t17-/m0/s1. The quantitative estimate of drug-likeness (QED) is 0.776. The van der Waals surface area contributed by atoms with Crippen molar-refractivity contribution >= 4 is 10.8 Å². The lowest BCUT2D eigenvalue weighted by Crippen LogP contribution is -2.20. The number of aromatic nitrogens is 2. The van der Waals surface area contributed by atoms with Crippen molar-refractivity contribution in [3.05, 3.63) is 59.9 Å². The van der Waals surface area contributed by atoms with Crippen LogP contribution in [0.3, 0.4) is 0 Å². The van der Waals surface area contributed by atoms with Crippen LogP contribution in [0.2, 0.25) is 0 Å². The van der Waals surface area contributed by atoms with Gasteiger partial charge in [-0.3, -0.25) is 5.10 Å². The molecule has 22 heavy (non-hydrogen) atoms. The molecule has 0 saturated carbocycles. The van der Waals surface area contributed by atoms with E-state index in [1.807, 2.05) is 6.07 Å². The zero-order chi connectivity index (χ0) is 14.8. The molecular formula is C18H19N3O. The van der Waals surface area contributed by atoms with E-state index in [0.29, 0.717) is 6.04 Å². The van der Waals surface area contributed by atoms with E-state index < -0.39 is 0 Å². The number of nitrogens with one attached hydrogen (secondary N) is 2. The molecule has 2 N–H and O–H groups in total. The SMILES string of the molecule is c1ccc2c3c(ccc2c1)[C@@H](NCc1ccn[nH]1)CCCO3. The Labute approximate surface area is 129 Å². The highest BCUT2D eigenvalue weighted by molar-refractivity contribution is 5.89. The minimum Gasteiger partial charge on any atom is -0.493 e. The summed E-state index contributed by atoms with van der Waals surface area (Å²) < 4.78 is 6.07. The predicted octanol–water partition coefficient (Wildman–Crippen LogP) is 3.57. The molecule has 0 radical (unpaired) electrons. The highest BCUT2D eigenvalue weighted by Gasteiger charge is 2.21. The number of hydrogen-bond donors (Lipinski definition) is 2. The van der Waals surface area contributed by atoms with Crippen LogP contribution in [-0.4, -0.2) is 16.8 Å². The molecule has 0 bridgehead atoms. The fourth-order valence-corrected chi connectivity index (χ4v) is 3.14. The van der Waals surface area contributed by atoms with Crippen molar-refractivity contribution in [1.29, 1.82) is 0 Å². The minimum absolute atomic E-state index is 0.311. The Morgan fingerprint density at radius 1 is 1.18 bits per heavy atom. The topological polar surface area (TPSA) is 49.9 Å². The monoisotopic (exact) mass is 293 g/mol. The van der Waals surface area contributed by atoms with Crippen LogP contribution in [0.1, 0.15) is 30.1 Å². The maximum absolute atomic E-state index is 6.07. The zero-order valence-corrected chi connectivity index (χ0v) is 12.4. The summed E-state index contributed by atoms with van der Waals surface area (Å²) in [5, 5.41) is 13.1. The minimum atomic E-state index is 0.311. The molecule has 2 aromatic carbocycles. The molecule has 1 atom stereocenters. The highest BCUT2D eigenvalue weighted by atomic mass is 16.5. The van der Waals surface area contributed by atoms with E-state index in [0.717, 1.165) is 37.4 Å². The molecule has 0 amide bonds. The van der Waals surface area contributed by atoms with E-state index in [1.165, 1.54) is 16.3 Å². The van der Waals surface area contributed by atoms with E-state index in [2.05, 4.69) is 51.9 Å². The van der Waals surface area contributed by atoms with Crippen LogP contribution in [0, 0.1) is 0 Å². The van der Waals surface area contributed by atoms with Gasteiger partial charge in [0.1, 0.15) is 5.75 Å². The Morgan fingerprint density at radius 3 is 3.05 bits per heavy atom. The smallest absolute Gasteiger partial charge is 0.131 e. The molecule has 0 spiro atoms. The van der Waals surface area contributed by atoms with Gasteiger partial charge in [0.05, 0.1) is 6.61 Å². The van der Waals surface area contributed by atoms with Gasteiger partial charge in [0.2, 0.25) is 0 Å². The third kappa shape index (κ3) is 2.46. The first-order valence-corrected chi connectivity index (χ1v) is 7.78. The summed E-state index contributed by atoms with van der Waals surface area (Å²) in [4.78, 5) is 0. The molecule has 0 saturated heterocycles. The fraction of sp³-hybridized carbons (Fsp3) is 0.278. The maximum atomic E-state index is 6.07. The first-order valence-electron chi connectivity index (χ1n) is 7.78. The second kappa shape index (κ2) is 5.81. The maximum Gasteiger partial charge on any atom is 0.131 e. The normalized spacial score (nSPS) is 17.7. The summed E-state index contributed by atoms with van der Waals surface area (Å²) in [5.74, 6) is 1.04. The van der Waals surface area contributed by atoms with Crippen molar-refractivity contribution in [2.45, 2.75) is 25.4 Å². The van der Waals surface area contributed by atoms with Crippen molar-refractivity contribution in [2.24, 2.45) is 0 Å². The number of rotatable bonds is 3. The first kappa shape index (κ1) is 13.3. The van der Waals surface area contributed by atoms with Crippen LogP contribution in [0.4, 0.5) is 0 Å². The van der Waals surface area contributed by atoms with Gasteiger partial charge in [0.25, 0.3) is 0 Å². The molecule has 3 aromatic rings. The van der Waals surface area contributed by atoms with E-state index in [4.69, 9.17) is 4.74 Å². The summed E-state index contributed by atoms with van der Waals surface area (Å²) in [6.07, 6.45) is 3.93. The first-order chi connectivity index (χ1) is 10.9. The number of fused-ring (bicyclic) bond motifs is 3. The average Bonchev–Trinajstić information content (AvgIpc) is 2.99. The molecule has 4 rings (SSSR count). The Bertz CT molecular complexity index is 767. The van der Waals surface area contributed by atoms with Crippen LogP contribution in [0.5, 0.6) is 5.75 Å². The van der Waals surface area contributed by atoms with Gasteiger partial charge >= 0.3 is 0 Å². The lowest BCUT2D eigenvalue weighted by atomic mass is 9.98. The Hall–Kier alpha value is -2.33. The van der Waals surface area contributed by atoms with Crippen LogP contribution < -0.4 is 10.1 Å². The largest absolute Gasteiger partial charge is 0.493 e. The molecule has 2 heterocycles. The predicted molar refractivity (Wildman–Crippen MR) is 86.8 cm³/mol. The number of benzene rings is 2. The number of hydrogen-bond acceptors (Lipinski definition) is 3. The summed E-state index contributed by atoms with van der Waals surface area (Å²) >= 11 is 0. The van der Waals surface area contributed by atoms with E-state index in [1.54, 1.807) is 6.20 Å². The molecule has 0 fully saturated rings. The van der Waals surface area contributed by atoms with Crippen molar-refractivity contribution in [3.63, 3.8) is 0 Å². The van der Waals surface area contributed by atoms with E-state index >= 15 is 0 Å². The second-order valence-electron chi connectivity index (χ2n) is 5.71. The molecule has 1 aromatic heterocycles. The summed E-state index contributed by atoms with van der Waals surface area (Å²) in [6.45, 7) is 1.57. The number of ether oxygens (including phenoxy) is 1. The molecule has 0 aliphatic carbocycles. The van der Waals surface area contributed by atoms with Crippen LogP contribution in [0.25, 0.3) is 10.8 Å². The van der Waals surface area contributed by atoms with Crippen LogP contribution >= 0.6 is 0 Å². The third-order valence-corrected chi connectivity index (χ3v) is 4.27. The van der Waals surface area contributed by atoms with Gasteiger partial charge < -0.3 is 10.1 Å². The lowest BCUT2D eigenvalue weighted by molar-refractivity contribution is 0.318. The summed E-state index contributed by atoms with van der Waals surface area (Å²) in [6, 6.07) is 15.1. The van der Waals surface area contributed by atoms with Crippen molar-refractivity contribution < 1.29 is 4.74 Å². The average molecular weight is 293 g/mol. The van der Waals surface area contributed by atoms with Gasteiger partial charge in [-0.1, -0.05) is 36.4 Å². The molecule has 1 aliphatic heterocycles. The Morgan fingerprint density at radius 2 is 2.14 bits per heavy atom. The van der Waals surface area contributed by atoms with E-state index in [-0.39, 0.29) is 0 Å². The second-order valence-corrected chi connectivity index (χ2v) is 5.71. The lowest BCUT2D eigenvalue weighted by Gasteiger charge is -2.19. The highest BCUT2D eigenvalue weighted by Crippen LogP contribution is 2.37. The zero-order valence-electron chi connectivity index (χ0n) is 12.4. The Balaban J connectivity index is 1.68. The number of aromatic amines is 1. The number of nitrogens with zero attached hydrogens (tertiary/aromatic N) is 1. The van der Waals surface area contributed by atoms with Gasteiger partial charge in [-0.2, -0.15) is 5.10 Å². The molecular weight excluding hydrogens is 274 g/mol. The molecule has 4 heteroatoms. The number of H-pyrrole nitrogens is 1. The molecule has 112 valence electrons. The van der Waals surface area contributed by atoms with Gasteiger partial charge in [0, 0.05) is 35.4 Å². The summed E-state index contributed by atoms with van der Waals surface area (Å²) in [7, 11) is 0. The third-order valence-electron chi connectivity index (χ3n) is 4.27. The van der Waals surface area contributed by atoms with Crippen molar-refractivity contribution in [2.75, 3.05) is 6.61 Å². The van der Waals surface area contributed by atoms with Gasteiger partial charge in [0.15, 0.2) is 0 Å². The van der Waals surface area contributed by atoms with E-state index in [9.17, 15) is 0 Å². The molecule has 1 aliphatic rings. The van der Waals surface area contributed by atoms with Crippen LogP contribution in [-0.2, 0) is 6.54 Å². The van der Waals surface area contributed by atoms with Gasteiger partial charge in [-0.25, -0.2) is 0 Å². The van der Waals surface area contributed by atoms with Gasteiger partial charge in [-0.05, 0) is 24.3 Å².